The van der Waals surface area contributed by atoms with E-state index in [1.807, 2.05) is 0 Å². The summed E-state index contributed by atoms with van der Waals surface area (Å²) in [4.78, 5) is 10.1. The molecule has 0 N–H and O–H groups in total. The first-order valence-corrected chi connectivity index (χ1v) is 2.47. The molecule has 0 saturated carbocycles. The van der Waals surface area contributed by atoms with E-state index in [9.17, 15) is 18.0 Å². The fraction of sp³-hybridized carbons (Fsp3) is 0.600. The molecule has 0 heterocycles. The largest absolute Gasteiger partial charge is 0.465 e. The zero-order chi connectivity index (χ0) is 8.20. The fourth-order valence-corrected chi connectivity index (χ4v) is 0.329. The van der Waals surface area contributed by atoms with Gasteiger partial charge in [-0.05, 0) is 6.92 Å². The Morgan fingerprint density at radius 1 is 1.50 bits per heavy atom. The van der Waals surface area contributed by atoms with Gasteiger partial charge in [-0.15, -0.1) is 0 Å². The third-order valence-electron chi connectivity index (χ3n) is 0.608. The quantitative estimate of drug-likeness (QED) is 0.562. The number of carbonyl (C=O) groups is 1. The number of ether oxygens (including phenoxy) is 1. The summed E-state index contributed by atoms with van der Waals surface area (Å²) in [5.74, 6) is -1.29. The Kier molecular flexibility index (Phi) is 3.18. The van der Waals surface area contributed by atoms with Crippen LogP contribution in [-0.4, -0.2) is 18.8 Å². The van der Waals surface area contributed by atoms with Crippen molar-refractivity contribution < 1.29 is 22.7 Å². The smallest absolute Gasteiger partial charge is 0.399 e. The van der Waals surface area contributed by atoms with Gasteiger partial charge in [0, 0.05) is 0 Å². The van der Waals surface area contributed by atoms with E-state index in [-0.39, 0.29) is 6.61 Å². The lowest BCUT2D eigenvalue weighted by Gasteiger charge is -2.04. The third-order valence-corrected chi connectivity index (χ3v) is 0.608. The monoisotopic (exact) mass is 155 g/mol. The minimum absolute atomic E-state index is 0.269. The molecule has 0 aromatic carbocycles. The van der Waals surface area contributed by atoms with Gasteiger partial charge in [0.05, 0.1) is 6.61 Å². The minimum atomic E-state index is -4.48. The second-order valence-electron chi connectivity index (χ2n) is 1.51. The van der Waals surface area contributed by atoms with Crippen LogP contribution in [0.15, 0.2) is 0 Å². The third kappa shape index (κ3) is 5.40. The SMILES string of the molecule is [CH2]COC(=O)CC(F)(F)F. The van der Waals surface area contributed by atoms with Crippen molar-refractivity contribution in [2.45, 2.75) is 12.6 Å². The van der Waals surface area contributed by atoms with Gasteiger partial charge in [-0.1, -0.05) is 0 Å². The van der Waals surface area contributed by atoms with Crippen LogP contribution in [0.1, 0.15) is 6.42 Å². The standard InChI is InChI=1S/C5H6F3O2/c1-2-10-4(9)3-5(6,7)8/h1-3H2. The normalized spacial score (nSPS) is 11.2. The Morgan fingerprint density at radius 2 is 2.00 bits per heavy atom. The number of esters is 1. The van der Waals surface area contributed by atoms with Gasteiger partial charge < -0.3 is 4.74 Å². The molecule has 0 amide bonds. The summed E-state index contributed by atoms with van der Waals surface area (Å²) in [6.45, 7) is 2.78. The van der Waals surface area contributed by atoms with Gasteiger partial charge in [-0.2, -0.15) is 13.2 Å². The van der Waals surface area contributed by atoms with Crippen molar-refractivity contribution in [2.24, 2.45) is 0 Å². The lowest BCUT2D eigenvalue weighted by atomic mass is 10.4. The minimum Gasteiger partial charge on any atom is -0.465 e. The number of alkyl halides is 3. The zero-order valence-electron chi connectivity index (χ0n) is 5.07. The van der Waals surface area contributed by atoms with Gasteiger partial charge in [0.15, 0.2) is 0 Å². The second-order valence-corrected chi connectivity index (χ2v) is 1.51. The van der Waals surface area contributed by atoms with Gasteiger partial charge in [0.25, 0.3) is 0 Å². The van der Waals surface area contributed by atoms with Crippen LogP contribution >= 0.6 is 0 Å². The molecule has 0 aliphatic rings. The molecule has 10 heavy (non-hydrogen) atoms. The lowest BCUT2D eigenvalue weighted by molar-refractivity contribution is -0.170. The van der Waals surface area contributed by atoms with Gasteiger partial charge in [0.2, 0.25) is 0 Å². The molecule has 0 unspecified atom stereocenters. The highest BCUT2D eigenvalue weighted by molar-refractivity contribution is 5.70. The van der Waals surface area contributed by atoms with Crippen molar-refractivity contribution in [3.63, 3.8) is 0 Å². The van der Waals surface area contributed by atoms with E-state index in [0.717, 1.165) is 0 Å². The predicted molar refractivity (Wildman–Crippen MR) is 27.0 cm³/mol. The molecule has 5 heteroatoms. The molecule has 1 radical (unpaired) electrons. The molecule has 0 bridgehead atoms. The molecule has 0 fully saturated rings. The highest BCUT2D eigenvalue weighted by Crippen LogP contribution is 2.19. The molecular weight excluding hydrogens is 149 g/mol. The predicted octanol–water partition coefficient (Wildman–Crippen LogP) is 1.32. The van der Waals surface area contributed by atoms with Gasteiger partial charge in [-0.3, -0.25) is 4.79 Å². The van der Waals surface area contributed by atoms with E-state index in [0.29, 0.717) is 0 Å². The first-order valence-electron chi connectivity index (χ1n) is 2.47. The molecule has 0 saturated heterocycles. The Bertz CT molecular complexity index is 119. The molecule has 59 valence electrons. The maximum absolute atomic E-state index is 11.3. The van der Waals surface area contributed by atoms with Crippen LogP contribution in [0.5, 0.6) is 0 Å². The first-order chi connectivity index (χ1) is 4.45. The molecular formula is C5H6F3O2. The van der Waals surface area contributed by atoms with E-state index >= 15 is 0 Å². The summed E-state index contributed by atoms with van der Waals surface area (Å²) in [5, 5.41) is 0. The summed E-state index contributed by atoms with van der Waals surface area (Å²) < 4.78 is 37.9. The maximum Gasteiger partial charge on any atom is 0.399 e. The van der Waals surface area contributed by atoms with E-state index in [4.69, 9.17) is 0 Å². The average Bonchev–Trinajstić information content (AvgIpc) is 1.59. The van der Waals surface area contributed by atoms with Crippen LogP contribution in [0.2, 0.25) is 0 Å². The summed E-state index contributed by atoms with van der Waals surface area (Å²) in [7, 11) is 0. The van der Waals surface area contributed by atoms with Crippen molar-refractivity contribution in [1.29, 1.82) is 0 Å². The summed E-state index contributed by atoms with van der Waals surface area (Å²) >= 11 is 0. The summed E-state index contributed by atoms with van der Waals surface area (Å²) in [6.07, 6.45) is -6.02. The van der Waals surface area contributed by atoms with Crippen molar-refractivity contribution >= 4 is 5.97 Å². The van der Waals surface area contributed by atoms with Crippen molar-refractivity contribution in [3.05, 3.63) is 6.92 Å². The van der Waals surface area contributed by atoms with Crippen LogP contribution in [0.4, 0.5) is 13.2 Å². The molecule has 0 atom stereocenters. The number of rotatable bonds is 2. The maximum atomic E-state index is 11.3. The highest BCUT2D eigenvalue weighted by atomic mass is 19.4. The fourth-order valence-electron chi connectivity index (χ4n) is 0.329. The van der Waals surface area contributed by atoms with Crippen molar-refractivity contribution in [2.75, 3.05) is 6.61 Å². The van der Waals surface area contributed by atoms with Crippen molar-refractivity contribution in [1.82, 2.24) is 0 Å². The lowest BCUT2D eigenvalue weighted by Crippen LogP contribution is -2.16. The molecule has 0 spiro atoms. The van der Waals surface area contributed by atoms with E-state index in [1.165, 1.54) is 0 Å². The molecule has 0 aromatic heterocycles. The molecule has 0 aliphatic carbocycles. The Hall–Kier alpha value is -0.740. The second kappa shape index (κ2) is 3.43. The number of halogens is 3. The topological polar surface area (TPSA) is 26.3 Å². The van der Waals surface area contributed by atoms with Gasteiger partial charge >= 0.3 is 12.1 Å². The Labute approximate surface area is 56.0 Å². The van der Waals surface area contributed by atoms with Gasteiger partial charge in [0.1, 0.15) is 6.42 Å². The van der Waals surface area contributed by atoms with Gasteiger partial charge in [-0.25, -0.2) is 0 Å². The number of carbonyl (C=O) groups excluding carboxylic acids is 1. The number of hydrogen-bond donors (Lipinski definition) is 0. The van der Waals surface area contributed by atoms with Crippen molar-refractivity contribution in [3.8, 4) is 0 Å². The van der Waals surface area contributed by atoms with E-state index in [1.54, 1.807) is 0 Å². The first kappa shape index (κ1) is 9.26. The Balaban J connectivity index is 3.58. The average molecular weight is 155 g/mol. The molecule has 2 nitrogen and oxygen atoms in total. The molecule has 0 rings (SSSR count). The Morgan fingerprint density at radius 3 is 2.30 bits per heavy atom. The van der Waals surface area contributed by atoms with Crippen LogP contribution in [0.3, 0.4) is 0 Å². The van der Waals surface area contributed by atoms with Crippen LogP contribution in [0, 0.1) is 6.92 Å². The molecule has 0 aliphatic heterocycles. The van der Waals surface area contributed by atoms with Crippen LogP contribution < -0.4 is 0 Å². The highest BCUT2D eigenvalue weighted by Gasteiger charge is 2.31. The molecule has 0 aromatic rings. The van der Waals surface area contributed by atoms with E-state index < -0.39 is 18.6 Å². The number of hydrogen-bond acceptors (Lipinski definition) is 2. The van der Waals surface area contributed by atoms with Crippen LogP contribution in [0.25, 0.3) is 0 Å². The zero-order valence-corrected chi connectivity index (χ0v) is 5.07. The van der Waals surface area contributed by atoms with E-state index in [2.05, 4.69) is 11.7 Å². The summed E-state index contributed by atoms with van der Waals surface area (Å²) in [5.41, 5.74) is 0. The summed E-state index contributed by atoms with van der Waals surface area (Å²) in [6, 6.07) is 0. The van der Waals surface area contributed by atoms with Crippen LogP contribution in [-0.2, 0) is 9.53 Å².